The average molecular weight is 246 g/mol. The minimum atomic E-state index is -4.43. The molecule has 1 aromatic carbocycles. The van der Waals surface area contributed by atoms with Gasteiger partial charge in [-0.25, -0.2) is 4.79 Å². The first-order valence-corrected chi connectivity index (χ1v) is 4.93. The van der Waals surface area contributed by atoms with Gasteiger partial charge in [0.05, 0.1) is 5.56 Å². The Hall–Kier alpha value is -1.56. The lowest BCUT2D eigenvalue weighted by Gasteiger charge is -2.24. The highest BCUT2D eigenvalue weighted by Gasteiger charge is 2.32. The Morgan fingerprint density at radius 2 is 2.06 bits per heavy atom. The van der Waals surface area contributed by atoms with E-state index in [1.807, 2.05) is 0 Å². The monoisotopic (exact) mass is 246 g/mol. The fourth-order valence-corrected chi connectivity index (χ4v) is 1.58. The van der Waals surface area contributed by atoms with E-state index in [-0.39, 0.29) is 6.42 Å². The molecule has 92 valence electrons. The van der Waals surface area contributed by atoms with Gasteiger partial charge in [0.2, 0.25) is 6.29 Å². The number of ether oxygens (including phenoxy) is 2. The van der Waals surface area contributed by atoms with Crippen LogP contribution in [0.5, 0.6) is 0 Å². The maximum Gasteiger partial charge on any atom is 0.411 e. The molecule has 0 N–H and O–H groups in total. The van der Waals surface area contributed by atoms with Crippen molar-refractivity contribution in [3.63, 3.8) is 0 Å². The predicted octanol–water partition coefficient (Wildman–Crippen LogP) is 2.30. The summed E-state index contributed by atoms with van der Waals surface area (Å²) >= 11 is 0. The Morgan fingerprint density at radius 3 is 2.76 bits per heavy atom. The van der Waals surface area contributed by atoms with Crippen LogP contribution in [0.1, 0.15) is 15.9 Å². The van der Waals surface area contributed by atoms with E-state index in [0.29, 0.717) is 11.1 Å². The summed E-state index contributed by atoms with van der Waals surface area (Å²) in [7, 11) is 0. The van der Waals surface area contributed by atoms with Crippen molar-refractivity contribution in [1.29, 1.82) is 0 Å². The molecule has 17 heavy (non-hydrogen) atoms. The molecule has 3 nitrogen and oxygen atoms in total. The summed E-state index contributed by atoms with van der Waals surface area (Å²) in [5.41, 5.74) is 1.01. The highest BCUT2D eigenvalue weighted by atomic mass is 19.4. The molecule has 0 saturated carbocycles. The van der Waals surface area contributed by atoms with Crippen molar-refractivity contribution in [2.24, 2.45) is 0 Å². The Labute approximate surface area is 95.1 Å². The van der Waals surface area contributed by atoms with E-state index in [9.17, 15) is 18.0 Å². The van der Waals surface area contributed by atoms with E-state index < -0.39 is 25.0 Å². The molecule has 1 aliphatic heterocycles. The third-order valence-corrected chi connectivity index (χ3v) is 2.30. The standard InChI is InChI=1S/C11H9F3O3/c12-11(13,14)6-16-9-5-7-3-1-2-4-8(7)10(15)17-9/h1-4,9H,5-6H2. The minimum Gasteiger partial charge on any atom is -0.432 e. The molecule has 0 saturated heterocycles. The summed E-state index contributed by atoms with van der Waals surface area (Å²) in [6, 6.07) is 6.60. The van der Waals surface area contributed by atoms with Crippen LogP contribution in [0.25, 0.3) is 0 Å². The van der Waals surface area contributed by atoms with Crippen molar-refractivity contribution < 1.29 is 27.4 Å². The number of cyclic esters (lactones) is 1. The zero-order valence-electron chi connectivity index (χ0n) is 8.66. The number of halogens is 3. The molecule has 0 amide bonds. The number of alkyl halides is 3. The largest absolute Gasteiger partial charge is 0.432 e. The Kier molecular flexibility index (Phi) is 3.06. The van der Waals surface area contributed by atoms with Crippen LogP contribution in [0.15, 0.2) is 24.3 Å². The Balaban J connectivity index is 2.05. The molecule has 0 fully saturated rings. The number of hydrogen-bond acceptors (Lipinski definition) is 3. The van der Waals surface area contributed by atoms with Crippen molar-refractivity contribution in [1.82, 2.24) is 0 Å². The molecule has 2 rings (SSSR count). The number of benzene rings is 1. The van der Waals surface area contributed by atoms with Crippen LogP contribution in [0, 0.1) is 0 Å². The first kappa shape index (κ1) is 11.9. The first-order valence-electron chi connectivity index (χ1n) is 4.93. The van der Waals surface area contributed by atoms with Crippen LogP contribution in [-0.2, 0) is 15.9 Å². The van der Waals surface area contributed by atoms with E-state index in [4.69, 9.17) is 4.74 Å². The Morgan fingerprint density at radius 1 is 1.35 bits per heavy atom. The molecule has 1 heterocycles. The third kappa shape index (κ3) is 2.97. The van der Waals surface area contributed by atoms with Gasteiger partial charge < -0.3 is 9.47 Å². The van der Waals surface area contributed by atoms with Crippen molar-refractivity contribution in [3.8, 4) is 0 Å². The third-order valence-electron chi connectivity index (χ3n) is 2.30. The molecular formula is C11H9F3O3. The van der Waals surface area contributed by atoms with Crippen LogP contribution in [0.4, 0.5) is 13.2 Å². The van der Waals surface area contributed by atoms with Gasteiger partial charge in [-0.2, -0.15) is 13.2 Å². The summed E-state index contributed by atoms with van der Waals surface area (Å²) < 4.78 is 45.1. The molecule has 0 spiro atoms. The zero-order chi connectivity index (χ0) is 12.5. The maximum absolute atomic E-state index is 11.9. The zero-order valence-corrected chi connectivity index (χ0v) is 8.66. The van der Waals surface area contributed by atoms with Gasteiger partial charge in [-0.15, -0.1) is 0 Å². The number of carbonyl (C=O) groups is 1. The molecule has 1 aliphatic rings. The van der Waals surface area contributed by atoms with Crippen molar-refractivity contribution in [3.05, 3.63) is 35.4 Å². The van der Waals surface area contributed by atoms with Gasteiger partial charge in [0.1, 0.15) is 6.61 Å². The fraction of sp³-hybridized carbons (Fsp3) is 0.364. The van der Waals surface area contributed by atoms with Crippen LogP contribution >= 0.6 is 0 Å². The normalized spacial score (nSPS) is 19.7. The molecule has 0 radical (unpaired) electrons. The van der Waals surface area contributed by atoms with E-state index in [2.05, 4.69) is 4.74 Å². The second-order valence-electron chi connectivity index (χ2n) is 3.62. The van der Waals surface area contributed by atoms with Gasteiger partial charge in [-0.3, -0.25) is 0 Å². The fourth-order valence-electron chi connectivity index (χ4n) is 1.58. The summed E-state index contributed by atoms with van der Waals surface area (Å²) in [5, 5.41) is 0. The first-order chi connectivity index (χ1) is 7.96. The van der Waals surface area contributed by atoms with Crippen LogP contribution in [0.2, 0.25) is 0 Å². The van der Waals surface area contributed by atoms with Gasteiger partial charge in [-0.1, -0.05) is 18.2 Å². The van der Waals surface area contributed by atoms with Crippen LogP contribution < -0.4 is 0 Å². The topological polar surface area (TPSA) is 35.5 Å². The van der Waals surface area contributed by atoms with E-state index in [1.54, 1.807) is 24.3 Å². The molecular weight excluding hydrogens is 237 g/mol. The van der Waals surface area contributed by atoms with E-state index >= 15 is 0 Å². The molecule has 0 aromatic heterocycles. The van der Waals surface area contributed by atoms with Crippen LogP contribution in [0.3, 0.4) is 0 Å². The predicted molar refractivity (Wildman–Crippen MR) is 51.4 cm³/mol. The van der Waals surface area contributed by atoms with Crippen LogP contribution in [-0.4, -0.2) is 25.0 Å². The van der Waals surface area contributed by atoms with Gasteiger partial charge in [0.15, 0.2) is 0 Å². The summed E-state index contributed by atoms with van der Waals surface area (Å²) in [4.78, 5) is 11.4. The quantitative estimate of drug-likeness (QED) is 0.751. The highest BCUT2D eigenvalue weighted by Crippen LogP contribution is 2.23. The number of rotatable bonds is 2. The van der Waals surface area contributed by atoms with Crippen molar-refractivity contribution >= 4 is 5.97 Å². The summed E-state index contributed by atoms with van der Waals surface area (Å²) in [6.45, 7) is -1.42. The number of hydrogen-bond donors (Lipinski definition) is 0. The Bertz CT molecular complexity index is 428. The minimum absolute atomic E-state index is 0.137. The van der Waals surface area contributed by atoms with Gasteiger partial charge >= 0.3 is 12.1 Å². The average Bonchev–Trinajstić information content (AvgIpc) is 2.26. The van der Waals surface area contributed by atoms with Gasteiger partial charge in [-0.05, 0) is 11.6 Å². The molecule has 1 unspecified atom stereocenters. The van der Waals surface area contributed by atoms with Gasteiger partial charge in [0.25, 0.3) is 0 Å². The van der Waals surface area contributed by atoms with E-state index in [0.717, 1.165) is 0 Å². The highest BCUT2D eigenvalue weighted by molar-refractivity contribution is 5.92. The molecule has 0 bridgehead atoms. The smallest absolute Gasteiger partial charge is 0.411 e. The van der Waals surface area contributed by atoms with Crippen molar-refractivity contribution in [2.75, 3.05) is 6.61 Å². The van der Waals surface area contributed by atoms with E-state index in [1.165, 1.54) is 0 Å². The molecule has 6 heteroatoms. The second-order valence-corrected chi connectivity index (χ2v) is 3.62. The van der Waals surface area contributed by atoms with Crippen molar-refractivity contribution in [2.45, 2.75) is 18.9 Å². The lowest BCUT2D eigenvalue weighted by molar-refractivity contribution is -0.217. The summed E-state index contributed by atoms with van der Waals surface area (Å²) in [6.07, 6.45) is -5.46. The number of carbonyl (C=O) groups excluding carboxylic acids is 1. The number of fused-ring (bicyclic) bond motifs is 1. The summed E-state index contributed by atoms with van der Waals surface area (Å²) in [5.74, 6) is -0.654. The maximum atomic E-state index is 11.9. The second kappa shape index (κ2) is 4.37. The van der Waals surface area contributed by atoms with Gasteiger partial charge in [0, 0.05) is 6.42 Å². The SMILES string of the molecule is O=C1OC(OCC(F)(F)F)Cc2ccccc21. The number of esters is 1. The lowest BCUT2D eigenvalue weighted by Crippen LogP contribution is -2.33. The molecule has 1 aromatic rings. The molecule has 1 atom stereocenters. The molecule has 0 aliphatic carbocycles. The lowest BCUT2D eigenvalue weighted by atomic mass is 10.0.